The molecule has 1 heterocycles. The van der Waals surface area contributed by atoms with Crippen molar-refractivity contribution in [1.29, 1.82) is 0 Å². The van der Waals surface area contributed by atoms with E-state index in [2.05, 4.69) is 20.6 Å². The maximum Gasteiger partial charge on any atom is 0.329 e. The number of nitrogens with one attached hydrogen (secondary N) is 2. The Morgan fingerprint density at radius 3 is 2.71 bits per heavy atom. The Balaban J connectivity index is 1.67. The molecular formula is C18H22ClFN6O2. The predicted octanol–water partition coefficient (Wildman–Crippen LogP) is 3.72. The summed E-state index contributed by atoms with van der Waals surface area (Å²) in [6.45, 7) is 0.852. The lowest BCUT2D eigenvalue weighted by atomic mass is 9.86. The van der Waals surface area contributed by atoms with E-state index in [1.807, 2.05) is 0 Å². The number of nitrogens with two attached hydrogens (primary N) is 1. The highest BCUT2D eigenvalue weighted by Gasteiger charge is 2.21. The summed E-state index contributed by atoms with van der Waals surface area (Å²) in [5.74, 6) is 0.376. The summed E-state index contributed by atoms with van der Waals surface area (Å²) in [5.41, 5.74) is 6.40. The molecule has 0 atom stereocenters. The summed E-state index contributed by atoms with van der Waals surface area (Å²) in [5, 5.41) is 17.6. The highest BCUT2D eigenvalue weighted by atomic mass is 35.5. The van der Waals surface area contributed by atoms with Crippen LogP contribution in [-0.4, -0.2) is 27.5 Å². The standard InChI is InChI=1S/C18H22ClFN6O2/c19-15-7-13(20)4-3-12(15)9-23-18-24-10-16(26(27)28)17(25-18)22-8-11-1-5-14(21)6-2-11/h3-4,7,10-11,14H,1-2,5-6,8-9,21H2,(H2,22,23,24,25). The Labute approximate surface area is 166 Å². The number of aromatic nitrogens is 2. The molecule has 0 amide bonds. The molecule has 0 bridgehead atoms. The summed E-state index contributed by atoms with van der Waals surface area (Å²) < 4.78 is 13.1. The first-order chi connectivity index (χ1) is 13.4. The van der Waals surface area contributed by atoms with Gasteiger partial charge in [-0.05, 0) is 49.3 Å². The number of halogens is 2. The van der Waals surface area contributed by atoms with Crippen LogP contribution >= 0.6 is 11.6 Å². The summed E-state index contributed by atoms with van der Waals surface area (Å²) >= 11 is 6.01. The highest BCUT2D eigenvalue weighted by Crippen LogP contribution is 2.27. The Hall–Kier alpha value is -2.52. The van der Waals surface area contributed by atoms with E-state index in [4.69, 9.17) is 17.3 Å². The van der Waals surface area contributed by atoms with Gasteiger partial charge in [0.25, 0.3) is 0 Å². The monoisotopic (exact) mass is 408 g/mol. The molecule has 1 fully saturated rings. The number of anilines is 2. The average Bonchev–Trinajstić information content (AvgIpc) is 2.67. The van der Waals surface area contributed by atoms with Crippen LogP contribution in [0.4, 0.5) is 21.8 Å². The molecule has 0 saturated heterocycles. The maximum absolute atomic E-state index is 13.1. The zero-order valence-corrected chi connectivity index (χ0v) is 16.0. The first-order valence-corrected chi connectivity index (χ1v) is 9.49. The molecule has 150 valence electrons. The van der Waals surface area contributed by atoms with Gasteiger partial charge >= 0.3 is 5.69 Å². The van der Waals surface area contributed by atoms with Gasteiger partial charge in [0.15, 0.2) is 0 Å². The molecule has 4 N–H and O–H groups in total. The number of rotatable bonds is 7. The first kappa shape index (κ1) is 20.2. The lowest BCUT2D eigenvalue weighted by Gasteiger charge is -2.26. The molecule has 0 unspecified atom stereocenters. The largest absolute Gasteiger partial charge is 0.364 e. The molecule has 1 aromatic carbocycles. The summed E-state index contributed by atoms with van der Waals surface area (Å²) in [6, 6.07) is 4.34. The van der Waals surface area contributed by atoms with Gasteiger partial charge in [-0.15, -0.1) is 0 Å². The molecule has 1 saturated carbocycles. The third-order valence-electron chi connectivity index (χ3n) is 4.87. The third kappa shape index (κ3) is 5.26. The van der Waals surface area contributed by atoms with Crippen molar-refractivity contribution in [2.24, 2.45) is 11.7 Å². The molecule has 1 aliphatic rings. The van der Waals surface area contributed by atoms with Crippen LogP contribution in [0.2, 0.25) is 5.02 Å². The van der Waals surface area contributed by atoms with Gasteiger partial charge in [0.1, 0.15) is 12.0 Å². The fourth-order valence-corrected chi connectivity index (χ4v) is 3.43. The normalized spacial score (nSPS) is 19.2. The highest BCUT2D eigenvalue weighted by molar-refractivity contribution is 6.31. The van der Waals surface area contributed by atoms with Gasteiger partial charge in [0.05, 0.1) is 4.92 Å². The molecular weight excluding hydrogens is 387 g/mol. The molecule has 0 aliphatic heterocycles. The second kappa shape index (κ2) is 9.11. The van der Waals surface area contributed by atoms with Gasteiger partial charge in [-0.3, -0.25) is 10.1 Å². The minimum Gasteiger partial charge on any atom is -0.364 e. The van der Waals surface area contributed by atoms with Crippen molar-refractivity contribution >= 4 is 29.1 Å². The fourth-order valence-electron chi connectivity index (χ4n) is 3.20. The Kier molecular flexibility index (Phi) is 6.58. The van der Waals surface area contributed by atoms with E-state index in [-0.39, 0.29) is 35.1 Å². The first-order valence-electron chi connectivity index (χ1n) is 9.11. The number of nitrogens with zero attached hydrogens (tertiary/aromatic N) is 3. The molecule has 0 radical (unpaired) electrons. The van der Waals surface area contributed by atoms with Crippen LogP contribution < -0.4 is 16.4 Å². The molecule has 3 rings (SSSR count). The van der Waals surface area contributed by atoms with Crippen molar-refractivity contribution in [3.8, 4) is 0 Å². The van der Waals surface area contributed by atoms with E-state index < -0.39 is 10.7 Å². The second-order valence-electron chi connectivity index (χ2n) is 6.94. The van der Waals surface area contributed by atoms with Crippen molar-refractivity contribution in [2.75, 3.05) is 17.2 Å². The van der Waals surface area contributed by atoms with Crippen LogP contribution in [0.3, 0.4) is 0 Å². The van der Waals surface area contributed by atoms with Crippen LogP contribution in [0.25, 0.3) is 0 Å². The lowest BCUT2D eigenvalue weighted by molar-refractivity contribution is -0.384. The lowest BCUT2D eigenvalue weighted by Crippen LogP contribution is -2.29. The van der Waals surface area contributed by atoms with Crippen molar-refractivity contribution in [3.05, 3.63) is 50.9 Å². The van der Waals surface area contributed by atoms with E-state index in [0.717, 1.165) is 25.7 Å². The Bertz CT molecular complexity index is 845. The molecule has 8 nitrogen and oxygen atoms in total. The van der Waals surface area contributed by atoms with E-state index in [9.17, 15) is 14.5 Å². The van der Waals surface area contributed by atoms with Crippen LogP contribution in [0.15, 0.2) is 24.4 Å². The predicted molar refractivity (Wildman–Crippen MR) is 106 cm³/mol. The van der Waals surface area contributed by atoms with E-state index in [0.29, 0.717) is 18.0 Å². The van der Waals surface area contributed by atoms with Gasteiger partial charge in [0.2, 0.25) is 11.8 Å². The average molecular weight is 409 g/mol. The van der Waals surface area contributed by atoms with Crippen LogP contribution in [0.5, 0.6) is 0 Å². The maximum atomic E-state index is 13.1. The number of nitro groups is 1. The zero-order chi connectivity index (χ0) is 20.1. The fraction of sp³-hybridized carbons (Fsp3) is 0.444. The van der Waals surface area contributed by atoms with Gasteiger partial charge in [-0.1, -0.05) is 17.7 Å². The molecule has 0 spiro atoms. The van der Waals surface area contributed by atoms with Crippen molar-refractivity contribution in [3.63, 3.8) is 0 Å². The summed E-state index contributed by atoms with van der Waals surface area (Å²) in [4.78, 5) is 19.0. The van der Waals surface area contributed by atoms with Crippen molar-refractivity contribution in [1.82, 2.24) is 9.97 Å². The molecule has 2 aromatic rings. The smallest absolute Gasteiger partial charge is 0.329 e. The molecule has 28 heavy (non-hydrogen) atoms. The van der Waals surface area contributed by atoms with Gasteiger partial charge < -0.3 is 16.4 Å². The number of hydrogen-bond donors (Lipinski definition) is 3. The van der Waals surface area contributed by atoms with Crippen molar-refractivity contribution in [2.45, 2.75) is 38.3 Å². The van der Waals surface area contributed by atoms with Gasteiger partial charge in [-0.25, -0.2) is 9.37 Å². The van der Waals surface area contributed by atoms with E-state index >= 15 is 0 Å². The minimum absolute atomic E-state index is 0.169. The second-order valence-corrected chi connectivity index (χ2v) is 7.34. The summed E-state index contributed by atoms with van der Waals surface area (Å²) in [7, 11) is 0. The molecule has 10 heteroatoms. The zero-order valence-electron chi connectivity index (χ0n) is 15.2. The van der Waals surface area contributed by atoms with E-state index in [1.54, 1.807) is 6.07 Å². The topological polar surface area (TPSA) is 119 Å². The van der Waals surface area contributed by atoms with Crippen LogP contribution in [-0.2, 0) is 6.54 Å². The van der Waals surface area contributed by atoms with Gasteiger partial charge in [-0.2, -0.15) is 4.98 Å². The third-order valence-corrected chi connectivity index (χ3v) is 5.22. The molecule has 1 aromatic heterocycles. The van der Waals surface area contributed by atoms with Gasteiger partial charge in [0, 0.05) is 24.2 Å². The van der Waals surface area contributed by atoms with Crippen LogP contribution in [0, 0.1) is 21.8 Å². The van der Waals surface area contributed by atoms with Crippen molar-refractivity contribution < 1.29 is 9.31 Å². The number of benzene rings is 1. The minimum atomic E-state index is -0.514. The number of hydrogen-bond acceptors (Lipinski definition) is 7. The Morgan fingerprint density at radius 2 is 2.04 bits per heavy atom. The van der Waals surface area contributed by atoms with E-state index in [1.165, 1.54) is 18.3 Å². The van der Waals surface area contributed by atoms with Crippen LogP contribution in [0.1, 0.15) is 31.2 Å². The Morgan fingerprint density at radius 1 is 1.29 bits per heavy atom. The SMILES string of the molecule is NC1CCC(CNc2nc(NCc3ccc(F)cc3Cl)ncc2[N+](=O)[O-])CC1. The quantitative estimate of drug-likeness (QED) is 0.471. The molecule has 1 aliphatic carbocycles. The summed E-state index contributed by atoms with van der Waals surface area (Å²) in [6.07, 6.45) is 5.07.